The number of nitrogens with zero attached hydrogens (tertiary/aromatic N) is 2. The van der Waals surface area contributed by atoms with Crippen molar-refractivity contribution in [2.24, 2.45) is 0 Å². The molecule has 0 bridgehead atoms. The minimum Gasteiger partial charge on any atom is -0.451 e. The Balaban J connectivity index is 2.03. The summed E-state index contributed by atoms with van der Waals surface area (Å²) in [4.78, 5) is 17.6. The quantitative estimate of drug-likeness (QED) is 0.785. The molecule has 0 N–H and O–H groups in total. The molecule has 1 unspecified atom stereocenters. The molecule has 18 heavy (non-hydrogen) atoms. The fourth-order valence-electron chi connectivity index (χ4n) is 2.24. The molecule has 1 amide bonds. The lowest BCUT2D eigenvalue weighted by Gasteiger charge is -2.26. The van der Waals surface area contributed by atoms with Crippen molar-refractivity contribution in [3.8, 4) is 0 Å². The van der Waals surface area contributed by atoms with Gasteiger partial charge in [0.2, 0.25) is 5.91 Å². The van der Waals surface area contributed by atoms with Gasteiger partial charge in [-0.15, -0.1) is 0 Å². The highest BCUT2D eigenvalue weighted by Crippen LogP contribution is 2.18. The third kappa shape index (κ3) is 2.90. The first-order chi connectivity index (χ1) is 8.52. The Morgan fingerprint density at radius 1 is 1.61 bits per heavy atom. The third-order valence-electron chi connectivity index (χ3n) is 3.13. The molecule has 0 aromatic carbocycles. The highest BCUT2D eigenvalue weighted by Gasteiger charge is 2.33. The minimum absolute atomic E-state index is 0.0748. The highest BCUT2D eigenvalue weighted by molar-refractivity contribution is 7.91. The summed E-state index contributed by atoms with van der Waals surface area (Å²) in [6.07, 6.45) is 3.39. The summed E-state index contributed by atoms with van der Waals surface area (Å²) in [6, 6.07) is -0.195. The Morgan fingerprint density at radius 3 is 2.89 bits per heavy atom. The first-order valence-corrected chi connectivity index (χ1v) is 7.71. The molecule has 7 heteroatoms. The lowest BCUT2D eigenvalue weighted by atomic mass is 10.2. The summed E-state index contributed by atoms with van der Waals surface area (Å²) < 4.78 is 27.7. The van der Waals surface area contributed by atoms with Crippen molar-refractivity contribution < 1.29 is 17.6 Å². The summed E-state index contributed by atoms with van der Waals surface area (Å²) in [5.41, 5.74) is 0.569. The van der Waals surface area contributed by atoms with Crippen LogP contribution in [0.1, 0.15) is 19.0 Å². The normalized spacial score (nSPS) is 21.9. The molecule has 2 rings (SSSR count). The Labute approximate surface area is 106 Å². The molecule has 1 aliphatic heterocycles. The SMILES string of the molecule is CCN(C(=O)Cc1cocn1)C1CCS(=O)(=O)C1. The van der Waals surface area contributed by atoms with Gasteiger partial charge < -0.3 is 9.32 Å². The number of carbonyl (C=O) groups excluding carboxylic acids is 1. The summed E-state index contributed by atoms with van der Waals surface area (Å²) in [7, 11) is -2.97. The number of hydrogen-bond acceptors (Lipinski definition) is 5. The van der Waals surface area contributed by atoms with Crippen molar-refractivity contribution >= 4 is 15.7 Å². The fourth-order valence-corrected chi connectivity index (χ4v) is 3.97. The van der Waals surface area contributed by atoms with Crippen LogP contribution in [-0.2, 0) is 21.1 Å². The van der Waals surface area contributed by atoms with Crippen LogP contribution in [0.3, 0.4) is 0 Å². The van der Waals surface area contributed by atoms with Gasteiger partial charge in [-0.25, -0.2) is 13.4 Å². The molecular weight excluding hydrogens is 256 g/mol. The van der Waals surface area contributed by atoms with E-state index in [0.717, 1.165) is 0 Å². The molecular formula is C11H16N2O4S. The Kier molecular flexibility index (Phi) is 3.70. The molecule has 1 saturated heterocycles. The van der Waals surface area contributed by atoms with Gasteiger partial charge in [0.1, 0.15) is 6.26 Å². The van der Waals surface area contributed by atoms with E-state index >= 15 is 0 Å². The van der Waals surface area contributed by atoms with Crippen LogP contribution >= 0.6 is 0 Å². The van der Waals surface area contributed by atoms with Crippen LogP contribution in [0.2, 0.25) is 0 Å². The lowest BCUT2D eigenvalue weighted by molar-refractivity contribution is -0.132. The van der Waals surface area contributed by atoms with Gasteiger partial charge in [0.25, 0.3) is 0 Å². The molecule has 100 valence electrons. The topological polar surface area (TPSA) is 80.5 Å². The van der Waals surface area contributed by atoms with E-state index in [1.807, 2.05) is 6.92 Å². The average Bonchev–Trinajstić information content (AvgIpc) is 2.89. The molecule has 1 aromatic rings. The summed E-state index contributed by atoms with van der Waals surface area (Å²) in [6.45, 7) is 2.36. The molecule has 0 saturated carbocycles. The summed E-state index contributed by atoms with van der Waals surface area (Å²) in [5.74, 6) is 0.144. The van der Waals surface area contributed by atoms with Crippen LogP contribution in [0.5, 0.6) is 0 Å². The zero-order chi connectivity index (χ0) is 13.2. The van der Waals surface area contributed by atoms with Crippen molar-refractivity contribution in [1.29, 1.82) is 0 Å². The zero-order valence-electron chi connectivity index (χ0n) is 10.2. The first kappa shape index (κ1) is 13.1. The van der Waals surface area contributed by atoms with Crippen molar-refractivity contribution in [3.63, 3.8) is 0 Å². The Bertz CT molecular complexity index is 509. The molecule has 6 nitrogen and oxygen atoms in total. The van der Waals surface area contributed by atoms with Gasteiger partial charge in [-0.05, 0) is 13.3 Å². The van der Waals surface area contributed by atoms with E-state index < -0.39 is 9.84 Å². The standard InChI is InChI=1S/C11H16N2O4S/c1-2-13(10-3-4-18(15,16)7-10)11(14)5-9-6-17-8-12-9/h6,8,10H,2-5,7H2,1H3. The average molecular weight is 272 g/mol. The van der Waals surface area contributed by atoms with Crippen molar-refractivity contribution in [3.05, 3.63) is 18.4 Å². The van der Waals surface area contributed by atoms with Gasteiger partial charge in [-0.1, -0.05) is 0 Å². The van der Waals surface area contributed by atoms with Gasteiger partial charge in [0.15, 0.2) is 16.2 Å². The van der Waals surface area contributed by atoms with E-state index in [4.69, 9.17) is 4.42 Å². The molecule has 1 atom stereocenters. The van der Waals surface area contributed by atoms with E-state index in [0.29, 0.717) is 18.7 Å². The number of oxazole rings is 1. The number of amides is 1. The van der Waals surface area contributed by atoms with Crippen LogP contribution in [0, 0.1) is 0 Å². The van der Waals surface area contributed by atoms with Gasteiger partial charge in [-0.3, -0.25) is 4.79 Å². The van der Waals surface area contributed by atoms with Crippen LogP contribution in [-0.4, -0.2) is 48.3 Å². The monoisotopic (exact) mass is 272 g/mol. The number of aromatic nitrogens is 1. The molecule has 0 aliphatic carbocycles. The number of likely N-dealkylation sites (N-methyl/N-ethyl adjacent to an activating group) is 1. The lowest BCUT2D eigenvalue weighted by Crippen LogP contribution is -2.41. The molecule has 2 heterocycles. The fraction of sp³-hybridized carbons (Fsp3) is 0.636. The molecule has 1 aromatic heterocycles. The van der Waals surface area contributed by atoms with E-state index in [9.17, 15) is 13.2 Å². The van der Waals surface area contributed by atoms with Crippen molar-refractivity contribution in [2.75, 3.05) is 18.1 Å². The van der Waals surface area contributed by atoms with Gasteiger partial charge in [0.05, 0.1) is 23.6 Å². The van der Waals surface area contributed by atoms with Crippen LogP contribution in [0.4, 0.5) is 0 Å². The predicted molar refractivity (Wildman–Crippen MR) is 64.7 cm³/mol. The van der Waals surface area contributed by atoms with Crippen molar-refractivity contribution in [2.45, 2.75) is 25.8 Å². The number of carbonyl (C=O) groups is 1. The van der Waals surface area contributed by atoms with Gasteiger partial charge >= 0.3 is 0 Å². The largest absolute Gasteiger partial charge is 0.451 e. The predicted octanol–water partition coefficient (Wildman–Crippen LogP) is 0.253. The van der Waals surface area contributed by atoms with E-state index in [1.54, 1.807) is 4.90 Å². The second-order valence-electron chi connectivity index (χ2n) is 4.39. The maximum atomic E-state index is 12.1. The zero-order valence-corrected chi connectivity index (χ0v) is 11.0. The highest BCUT2D eigenvalue weighted by atomic mass is 32.2. The third-order valence-corrected chi connectivity index (χ3v) is 4.88. The maximum Gasteiger partial charge on any atom is 0.228 e. The second-order valence-corrected chi connectivity index (χ2v) is 6.62. The molecule has 0 radical (unpaired) electrons. The molecule has 0 spiro atoms. The van der Waals surface area contributed by atoms with E-state index in [2.05, 4.69) is 4.98 Å². The first-order valence-electron chi connectivity index (χ1n) is 5.89. The molecule has 1 aliphatic rings. The summed E-state index contributed by atoms with van der Waals surface area (Å²) in [5, 5.41) is 0. The number of sulfone groups is 1. The smallest absolute Gasteiger partial charge is 0.228 e. The van der Waals surface area contributed by atoms with Crippen LogP contribution < -0.4 is 0 Å². The van der Waals surface area contributed by atoms with E-state index in [1.165, 1.54) is 12.7 Å². The minimum atomic E-state index is -2.97. The number of rotatable bonds is 4. The summed E-state index contributed by atoms with van der Waals surface area (Å²) >= 11 is 0. The van der Waals surface area contributed by atoms with Gasteiger partial charge in [0, 0.05) is 12.6 Å². The van der Waals surface area contributed by atoms with Crippen molar-refractivity contribution in [1.82, 2.24) is 9.88 Å². The van der Waals surface area contributed by atoms with E-state index in [-0.39, 0.29) is 29.9 Å². The maximum absolute atomic E-state index is 12.1. The Morgan fingerprint density at radius 2 is 2.39 bits per heavy atom. The van der Waals surface area contributed by atoms with Crippen LogP contribution in [0.25, 0.3) is 0 Å². The van der Waals surface area contributed by atoms with Gasteiger partial charge in [-0.2, -0.15) is 0 Å². The Hall–Kier alpha value is -1.37. The molecule has 1 fully saturated rings. The second kappa shape index (κ2) is 5.09. The van der Waals surface area contributed by atoms with Crippen LogP contribution in [0.15, 0.2) is 17.1 Å². The number of hydrogen-bond donors (Lipinski definition) is 0.